The van der Waals surface area contributed by atoms with Gasteiger partial charge in [-0.05, 0) is 38.3 Å². The molecule has 4 rings (SSSR count). The van der Waals surface area contributed by atoms with Gasteiger partial charge in [0, 0.05) is 23.6 Å². The maximum Gasteiger partial charge on any atom is 0.196 e. The second-order valence-corrected chi connectivity index (χ2v) is 7.63. The Hall–Kier alpha value is -2.11. The monoisotopic (exact) mass is 365 g/mol. The average molecular weight is 366 g/mol. The first-order valence-electron chi connectivity index (χ1n) is 9.13. The van der Waals surface area contributed by atoms with E-state index in [1.807, 2.05) is 18.2 Å². The van der Waals surface area contributed by atoms with Crippen molar-refractivity contribution in [3.63, 3.8) is 0 Å². The van der Waals surface area contributed by atoms with E-state index in [0.717, 1.165) is 41.0 Å². The number of thioether (sulfide) groups is 1. The molecule has 0 N–H and O–H groups in total. The Morgan fingerprint density at radius 2 is 1.85 bits per heavy atom. The van der Waals surface area contributed by atoms with Crippen LogP contribution in [0.5, 0.6) is 0 Å². The number of nitrogens with zero attached hydrogens (tertiary/aromatic N) is 3. The highest BCUT2D eigenvalue weighted by molar-refractivity contribution is 7.99. The molecule has 26 heavy (non-hydrogen) atoms. The Kier molecular flexibility index (Phi) is 5.37. The fraction of sp³-hybridized carbons (Fsp3) is 0.333. The van der Waals surface area contributed by atoms with E-state index in [0.29, 0.717) is 6.10 Å². The van der Waals surface area contributed by atoms with Crippen molar-refractivity contribution in [2.24, 2.45) is 0 Å². The van der Waals surface area contributed by atoms with E-state index in [1.54, 1.807) is 11.8 Å². The van der Waals surface area contributed by atoms with Gasteiger partial charge in [0.15, 0.2) is 11.0 Å². The summed E-state index contributed by atoms with van der Waals surface area (Å²) in [6, 6.07) is 18.8. The van der Waals surface area contributed by atoms with Crippen LogP contribution in [-0.4, -0.2) is 33.2 Å². The quantitative estimate of drug-likeness (QED) is 0.603. The Morgan fingerprint density at radius 1 is 1.04 bits per heavy atom. The van der Waals surface area contributed by atoms with Crippen LogP contribution in [0.3, 0.4) is 0 Å². The molecule has 0 aliphatic carbocycles. The number of aryl methyl sites for hydroxylation is 1. The number of benzene rings is 2. The van der Waals surface area contributed by atoms with Gasteiger partial charge in [-0.1, -0.05) is 59.8 Å². The summed E-state index contributed by atoms with van der Waals surface area (Å²) in [5.41, 5.74) is 3.40. The summed E-state index contributed by atoms with van der Waals surface area (Å²) in [7, 11) is 0. The molecule has 134 valence electrons. The molecule has 3 aromatic rings. The summed E-state index contributed by atoms with van der Waals surface area (Å²) < 4.78 is 8.02. The van der Waals surface area contributed by atoms with Crippen LogP contribution in [-0.2, 0) is 4.74 Å². The third kappa shape index (κ3) is 3.84. The molecule has 0 amide bonds. The number of ether oxygens (including phenoxy) is 1. The lowest BCUT2D eigenvalue weighted by Gasteiger charge is -2.22. The molecule has 1 aliphatic rings. The fourth-order valence-corrected chi connectivity index (χ4v) is 4.19. The molecular formula is C21H23N3OS. The van der Waals surface area contributed by atoms with Gasteiger partial charge in [0.25, 0.3) is 0 Å². The largest absolute Gasteiger partial charge is 0.377 e. The zero-order valence-electron chi connectivity index (χ0n) is 15.0. The minimum atomic E-state index is 0.317. The fourth-order valence-electron chi connectivity index (χ4n) is 3.17. The van der Waals surface area contributed by atoms with Gasteiger partial charge in [0.1, 0.15) is 0 Å². The normalized spacial score (nSPS) is 17.3. The van der Waals surface area contributed by atoms with Gasteiger partial charge in [-0.2, -0.15) is 0 Å². The van der Waals surface area contributed by atoms with Crippen molar-refractivity contribution in [3.05, 3.63) is 60.2 Å². The lowest BCUT2D eigenvalue weighted by Crippen LogP contribution is -2.21. The van der Waals surface area contributed by atoms with E-state index >= 15 is 0 Å². The Balaban J connectivity index is 1.66. The predicted octanol–water partition coefficient (Wildman–Crippen LogP) is 4.90. The molecule has 0 radical (unpaired) electrons. The van der Waals surface area contributed by atoms with Crippen LogP contribution in [0.4, 0.5) is 0 Å². The summed E-state index contributed by atoms with van der Waals surface area (Å²) in [5.74, 6) is 1.79. The van der Waals surface area contributed by atoms with E-state index in [-0.39, 0.29) is 0 Å². The van der Waals surface area contributed by atoms with Crippen LogP contribution >= 0.6 is 11.8 Å². The first-order chi connectivity index (χ1) is 12.8. The molecule has 4 nitrogen and oxygen atoms in total. The molecule has 2 heterocycles. The van der Waals surface area contributed by atoms with Crippen molar-refractivity contribution in [2.45, 2.75) is 37.4 Å². The van der Waals surface area contributed by atoms with Crippen molar-refractivity contribution < 1.29 is 4.74 Å². The first-order valence-corrected chi connectivity index (χ1v) is 10.1. The second kappa shape index (κ2) is 8.06. The van der Waals surface area contributed by atoms with Gasteiger partial charge in [-0.3, -0.25) is 4.57 Å². The summed E-state index contributed by atoms with van der Waals surface area (Å²) in [5, 5.41) is 9.92. The van der Waals surface area contributed by atoms with Crippen LogP contribution < -0.4 is 0 Å². The lowest BCUT2D eigenvalue weighted by molar-refractivity contribution is 0.0315. The lowest BCUT2D eigenvalue weighted by atomic mass is 10.1. The van der Waals surface area contributed by atoms with Gasteiger partial charge in [0.2, 0.25) is 0 Å². The van der Waals surface area contributed by atoms with Crippen molar-refractivity contribution in [1.82, 2.24) is 14.8 Å². The molecule has 1 aromatic heterocycles. The molecule has 0 saturated carbocycles. The van der Waals surface area contributed by atoms with Crippen molar-refractivity contribution in [3.8, 4) is 17.1 Å². The highest BCUT2D eigenvalue weighted by Gasteiger charge is 2.19. The maximum absolute atomic E-state index is 5.87. The summed E-state index contributed by atoms with van der Waals surface area (Å²) in [4.78, 5) is 0. The zero-order valence-corrected chi connectivity index (χ0v) is 15.8. The van der Waals surface area contributed by atoms with E-state index in [2.05, 4.69) is 58.1 Å². The topological polar surface area (TPSA) is 39.9 Å². The highest BCUT2D eigenvalue weighted by Crippen LogP contribution is 2.29. The van der Waals surface area contributed by atoms with Gasteiger partial charge in [-0.25, -0.2) is 0 Å². The predicted molar refractivity (Wildman–Crippen MR) is 106 cm³/mol. The van der Waals surface area contributed by atoms with Crippen LogP contribution in [0.2, 0.25) is 0 Å². The smallest absolute Gasteiger partial charge is 0.196 e. The number of rotatable bonds is 5. The summed E-state index contributed by atoms with van der Waals surface area (Å²) >= 11 is 1.73. The van der Waals surface area contributed by atoms with Gasteiger partial charge < -0.3 is 4.74 Å². The molecule has 1 atom stereocenters. The summed E-state index contributed by atoms with van der Waals surface area (Å²) in [6.07, 6.45) is 3.89. The molecular weight excluding hydrogens is 342 g/mol. The van der Waals surface area contributed by atoms with Gasteiger partial charge in [0.05, 0.1) is 6.10 Å². The molecule has 1 fully saturated rings. The summed E-state index contributed by atoms with van der Waals surface area (Å²) in [6.45, 7) is 2.97. The maximum atomic E-state index is 5.87. The first kappa shape index (κ1) is 17.3. The Bertz CT molecular complexity index is 839. The third-order valence-electron chi connectivity index (χ3n) is 4.63. The van der Waals surface area contributed by atoms with Crippen molar-refractivity contribution >= 4 is 11.8 Å². The molecule has 1 aliphatic heterocycles. The van der Waals surface area contributed by atoms with E-state index < -0.39 is 0 Å². The van der Waals surface area contributed by atoms with Crippen LogP contribution in [0.15, 0.2) is 59.8 Å². The molecule has 0 spiro atoms. The van der Waals surface area contributed by atoms with Crippen molar-refractivity contribution in [1.29, 1.82) is 0 Å². The highest BCUT2D eigenvalue weighted by atomic mass is 32.2. The van der Waals surface area contributed by atoms with E-state index in [9.17, 15) is 0 Å². The number of aromatic nitrogens is 3. The molecule has 1 saturated heterocycles. The number of hydrogen-bond acceptors (Lipinski definition) is 4. The standard InChI is InChI=1S/C21H23N3OS/c1-16-10-12-17(13-11-16)20-22-23-21(24(20)18-7-3-2-4-8-18)26-15-19-9-5-6-14-25-19/h2-4,7-8,10-13,19H,5-6,9,14-15H2,1H3/t19-/m0/s1. The zero-order chi connectivity index (χ0) is 17.8. The van der Waals surface area contributed by atoms with E-state index in [4.69, 9.17) is 4.74 Å². The van der Waals surface area contributed by atoms with Crippen LogP contribution in [0.25, 0.3) is 17.1 Å². The third-order valence-corrected chi connectivity index (χ3v) is 5.69. The number of para-hydroxylation sites is 1. The van der Waals surface area contributed by atoms with Crippen LogP contribution in [0, 0.1) is 6.92 Å². The van der Waals surface area contributed by atoms with Crippen LogP contribution in [0.1, 0.15) is 24.8 Å². The van der Waals surface area contributed by atoms with Crippen molar-refractivity contribution in [2.75, 3.05) is 12.4 Å². The van der Waals surface area contributed by atoms with E-state index in [1.165, 1.54) is 18.4 Å². The average Bonchev–Trinajstić information content (AvgIpc) is 3.12. The minimum absolute atomic E-state index is 0.317. The molecule has 0 unspecified atom stereocenters. The second-order valence-electron chi connectivity index (χ2n) is 6.64. The van der Waals surface area contributed by atoms with Gasteiger partial charge in [-0.15, -0.1) is 10.2 Å². The Morgan fingerprint density at radius 3 is 2.58 bits per heavy atom. The molecule has 2 aromatic carbocycles. The van der Waals surface area contributed by atoms with Gasteiger partial charge >= 0.3 is 0 Å². The number of hydrogen-bond donors (Lipinski definition) is 0. The SMILES string of the molecule is Cc1ccc(-c2nnc(SC[C@@H]3CCCCO3)n2-c2ccccc2)cc1. The minimum Gasteiger partial charge on any atom is -0.377 e. The molecule has 5 heteroatoms. The Labute approximate surface area is 158 Å². The molecule has 0 bridgehead atoms.